The van der Waals surface area contributed by atoms with Gasteiger partial charge in [-0.1, -0.05) is 6.07 Å². The third-order valence-electron chi connectivity index (χ3n) is 5.13. The van der Waals surface area contributed by atoms with E-state index in [9.17, 15) is 14.0 Å². The number of hydrogen-bond acceptors (Lipinski definition) is 6. The quantitative estimate of drug-likeness (QED) is 0.464. The van der Waals surface area contributed by atoms with E-state index in [1.54, 1.807) is 37.4 Å². The number of carbonyl (C=O) groups is 2. The van der Waals surface area contributed by atoms with Gasteiger partial charge in [0.2, 0.25) is 11.8 Å². The molecule has 0 aliphatic heterocycles. The van der Waals surface area contributed by atoms with Crippen LogP contribution in [-0.4, -0.2) is 31.4 Å². The van der Waals surface area contributed by atoms with Gasteiger partial charge in [0, 0.05) is 24.2 Å². The molecule has 1 aliphatic carbocycles. The number of nitrogens with zero attached hydrogens (tertiary/aromatic N) is 4. The van der Waals surface area contributed by atoms with Crippen molar-refractivity contribution >= 4 is 29.0 Å². The minimum atomic E-state index is -0.613. The van der Waals surface area contributed by atoms with Crippen LogP contribution in [0.15, 0.2) is 54.9 Å². The fraction of sp³-hybridized carbons (Fsp3) is 0.174. The Bertz CT molecular complexity index is 1380. The summed E-state index contributed by atoms with van der Waals surface area (Å²) in [6.07, 6.45) is 4.89. The Labute approximate surface area is 187 Å². The molecule has 0 unspecified atom stereocenters. The Kier molecular flexibility index (Phi) is 5.17. The van der Waals surface area contributed by atoms with E-state index in [4.69, 9.17) is 4.74 Å². The number of benzene rings is 1. The van der Waals surface area contributed by atoms with E-state index in [0.29, 0.717) is 17.0 Å². The Morgan fingerprint density at radius 2 is 2.00 bits per heavy atom. The number of carbonyl (C=O) groups excluding carboxylic acids is 2. The highest BCUT2D eigenvalue weighted by molar-refractivity contribution is 6.04. The molecule has 0 radical (unpaired) electrons. The molecule has 4 aromatic rings. The molecule has 0 bridgehead atoms. The van der Waals surface area contributed by atoms with Crippen LogP contribution in [0.4, 0.5) is 15.9 Å². The van der Waals surface area contributed by atoms with Crippen molar-refractivity contribution in [2.45, 2.75) is 19.8 Å². The van der Waals surface area contributed by atoms with Crippen molar-refractivity contribution in [3.8, 4) is 11.6 Å². The third kappa shape index (κ3) is 4.49. The topological polar surface area (TPSA) is 111 Å². The molecular formula is C23H19FN6O3. The monoisotopic (exact) mass is 446 g/mol. The van der Waals surface area contributed by atoms with Gasteiger partial charge in [-0.25, -0.2) is 13.9 Å². The highest BCUT2D eigenvalue weighted by Crippen LogP contribution is 2.30. The Morgan fingerprint density at radius 3 is 2.79 bits per heavy atom. The molecule has 166 valence electrons. The van der Waals surface area contributed by atoms with Crippen LogP contribution in [-0.2, 0) is 4.79 Å². The molecule has 2 N–H and O–H groups in total. The van der Waals surface area contributed by atoms with Crippen molar-refractivity contribution in [1.29, 1.82) is 0 Å². The van der Waals surface area contributed by atoms with Crippen LogP contribution in [0.3, 0.4) is 0 Å². The maximum absolute atomic E-state index is 14.3. The molecular weight excluding hydrogens is 427 g/mol. The Hall–Kier alpha value is -4.34. The fourth-order valence-corrected chi connectivity index (χ4v) is 3.24. The lowest BCUT2D eigenvalue weighted by Crippen LogP contribution is -2.16. The van der Waals surface area contributed by atoms with Crippen LogP contribution in [0, 0.1) is 18.7 Å². The Morgan fingerprint density at radius 1 is 1.15 bits per heavy atom. The van der Waals surface area contributed by atoms with E-state index in [0.717, 1.165) is 12.8 Å². The number of hydrogen-bond donors (Lipinski definition) is 2. The molecule has 33 heavy (non-hydrogen) atoms. The lowest BCUT2D eigenvalue weighted by molar-refractivity contribution is -0.117. The summed E-state index contributed by atoms with van der Waals surface area (Å²) in [6, 6.07) is 10.7. The highest BCUT2D eigenvalue weighted by atomic mass is 19.1. The normalized spacial score (nSPS) is 13.0. The number of aryl methyl sites for hydroxylation is 1. The fourth-order valence-electron chi connectivity index (χ4n) is 3.24. The third-order valence-corrected chi connectivity index (χ3v) is 5.13. The van der Waals surface area contributed by atoms with Gasteiger partial charge in [-0.3, -0.25) is 14.6 Å². The lowest BCUT2D eigenvalue weighted by atomic mass is 10.2. The molecule has 0 spiro atoms. The smallest absolute Gasteiger partial charge is 0.274 e. The summed E-state index contributed by atoms with van der Waals surface area (Å²) in [5, 5.41) is 9.62. The molecule has 1 saturated carbocycles. The number of rotatable bonds is 6. The van der Waals surface area contributed by atoms with Gasteiger partial charge in [-0.2, -0.15) is 0 Å². The summed E-state index contributed by atoms with van der Waals surface area (Å²) >= 11 is 0. The number of ether oxygens (including phenoxy) is 1. The summed E-state index contributed by atoms with van der Waals surface area (Å²) in [5.41, 5.74) is 1.37. The zero-order valence-corrected chi connectivity index (χ0v) is 17.6. The first-order valence-electron chi connectivity index (χ1n) is 10.3. The van der Waals surface area contributed by atoms with Gasteiger partial charge in [0.15, 0.2) is 11.5 Å². The zero-order chi connectivity index (χ0) is 22.9. The molecule has 3 heterocycles. The summed E-state index contributed by atoms with van der Waals surface area (Å²) in [5.74, 6) is -0.203. The molecule has 10 heteroatoms. The van der Waals surface area contributed by atoms with E-state index >= 15 is 0 Å². The van der Waals surface area contributed by atoms with E-state index < -0.39 is 11.7 Å². The van der Waals surface area contributed by atoms with Gasteiger partial charge >= 0.3 is 0 Å². The first-order valence-corrected chi connectivity index (χ1v) is 10.3. The standard InChI is InChI=1S/C23H19FN6O3/c1-13-3-2-10-25-21(13)23(32)26-17-11-15(6-7-16(17)24)33-20-9-8-19-27-18(12-30(19)29-20)28-22(31)14-4-5-14/h2-3,6-12,14H,4-5H2,1H3,(H,26,32)(H,28,31). The molecule has 9 nitrogen and oxygen atoms in total. The van der Waals surface area contributed by atoms with E-state index in [-0.39, 0.29) is 34.8 Å². The van der Waals surface area contributed by atoms with Crippen LogP contribution in [0.25, 0.3) is 5.65 Å². The van der Waals surface area contributed by atoms with E-state index in [1.165, 1.54) is 28.9 Å². The lowest BCUT2D eigenvalue weighted by Gasteiger charge is -2.10. The zero-order valence-electron chi connectivity index (χ0n) is 17.6. The molecule has 2 amide bonds. The summed E-state index contributed by atoms with van der Waals surface area (Å²) in [7, 11) is 0. The average Bonchev–Trinajstić information content (AvgIpc) is 3.57. The van der Waals surface area contributed by atoms with Crippen molar-refractivity contribution in [3.63, 3.8) is 0 Å². The van der Waals surface area contributed by atoms with Gasteiger partial charge in [-0.15, -0.1) is 5.10 Å². The van der Waals surface area contributed by atoms with E-state index in [1.807, 2.05) is 0 Å². The van der Waals surface area contributed by atoms with Gasteiger partial charge in [0.1, 0.15) is 17.3 Å². The van der Waals surface area contributed by atoms with Gasteiger partial charge < -0.3 is 15.4 Å². The van der Waals surface area contributed by atoms with Crippen molar-refractivity contribution in [3.05, 3.63) is 71.9 Å². The van der Waals surface area contributed by atoms with Crippen molar-refractivity contribution in [1.82, 2.24) is 19.6 Å². The maximum Gasteiger partial charge on any atom is 0.274 e. The predicted molar refractivity (Wildman–Crippen MR) is 118 cm³/mol. The summed E-state index contributed by atoms with van der Waals surface area (Å²) in [4.78, 5) is 32.8. The molecule has 1 fully saturated rings. The SMILES string of the molecule is Cc1cccnc1C(=O)Nc1cc(Oc2ccc3nc(NC(=O)C4CC4)cn3n2)ccc1F. The van der Waals surface area contributed by atoms with Crippen molar-refractivity contribution < 1.29 is 18.7 Å². The summed E-state index contributed by atoms with van der Waals surface area (Å²) < 4.78 is 21.5. The second-order valence-corrected chi connectivity index (χ2v) is 7.73. The summed E-state index contributed by atoms with van der Waals surface area (Å²) in [6.45, 7) is 1.75. The number of anilines is 2. The van der Waals surface area contributed by atoms with Gasteiger partial charge in [-0.05, 0) is 49.6 Å². The Balaban J connectivity index is 1.33. The number of aromatic nitrogens is 4. The molecule has 0 saturated heterocycles. The van der Waals surface area contributed by atoms with Crippen LogP contribution in [0.1, 0.15) is 28.9 Å². The number of pyridine rings is 1. The minimum absolute atomic E-state index is 0.0448. The molecule has 1 aliphatic rings. The van der Waals surface area contributed by atoms with E-state index in [2.05, 4.69) is 25.7 Å². The first kappa shape index (κ1) is 20.6. The largest absolute Gasteiger partial charge is 0.438 e. The minimum Gasteiger partial charge on any atom is -0.438 e. The maximum atomic E-state index is 14.3. The van der Waals surface area contributed by atoms with Crippen molar-refractivity contribution in [2.75, 3.05) is 10.6 Å². The number of nitrogens with one attached hydrogen (secondary N) is 2. The van der Waals surface area contributed by atoms with Crippen LogP contribution in [0.2, 0.25) is 0 Å². The molecule has 5 rings (SSSR count). The molecule has 1 aromatic carbocycles. The second kappa shape index (κ2) is 8.30. The second-order valence-electron chi connectivity index (χ2n) is 7.73. The predicted octanol–water partition coefficient (Wildman–Crippen LogP) is 3.96. The van der Waals surface area contributed by atoms with Crippen LogP contribution in [0.5, 0.6) is 11.6 Å². The molecule has 3 aromatic heterocycles. The van der Waals surface area contributed by atoms with Crippen LogP contribution >= 0.6 is 0 Å². The average molecular weight is 446 g/mol. The number of fused-ring (bicyclic) bond motifs is 1. The van der Waals surface area contributed by atoms with Crippen LogP contribution < -0.4 is 15.4 Å². The number of halogens is 1. The highest BCUT2D eigenvalue weighted by Gasteiger charge is 2.30. The first-order chi connectivity index (χ1) is 16.0. The van der Waals surface area contributed by atoms with Gasteiger partial charge in [0.25, 0.3) is 5.91 Å². The van der Waals surface area contributed by atoms with Gasteiger partial charge in [0.05, 0.1) is 11.9 Å². The van der Waals surface area contributed by atoms with Crippen molar-refractivity contribution in [2.24, 2.45) is 5.92 Å². The molecule has 0 atom stereocenters. The number of imidazole rings is 1. The number of amides is 2.